The molecule has 0 bridgehead atoms. The van der Waals surface area contributed by atoms with E-state index in [1.165, 1.54) is 23.0 Å². The summed E-state index contributed by atoms with van der Waals surface area (Å²) in [4.78, 5) is 10.9. The summed E-state index contributed by atoms with van der Waals surface area (Å²) in [5.41, 5.74) is 0.470. The van der Waals surface area contributed by atoms with Crippen LogP contribution < -0.4 is 0 Å². The van der Waals surface area contributed by atoms with E-state index < -0.39 is 15.8 Å². The third kappa shape index (κ3) is 3.07. The van der Waals surface area contributed by atoms with Gasteiger partial charge >= 0.3 is 5.97 Å². The van der Waals surface area contributed by atoms with Crippen molar-refractivity contribution in [3.63, 3.8) is 0 Å². The highest BCUT2D eigenvalue weighted by Gasteiger charge is 2.21. The number of hydrogen-bond donors (Lipinski definition) is 1. The van der Waals surface area contributed by atoms with Crippen LogP contribution in [0.15, 0.2) is 40.0 Å². The first-order valence-electron chi connectivity index (χ1n) is 5.53. The molecule has 0 atom stereocenters. The van der Waals surface area contributed by atoms with Crippen molar-refractivity contribution in [1.29, 1.82) is 0 Å². The lowest BCUT2D eigenvalue weighted by Gasteiger charge is -2.06. The van der Waals surface area contributed by atoms with Crippen molar-refractivity contribution < 1.29 is 18.3 Å². The smallest absolute Gasteiger partial charge is 0.335 e. The highest BCUT2D eigenvalue weighted by molar-refractivity contribution is 9.10. The fraction of sp³-hybridized carbons (Fsp3) is 0.167. The molecule has 2 aromatic rings. The minimum absolute atomic E-state index is 0.0405. The molecule has 8 heteroatoms. The summed E-state index contributed by atoms with van der Waals surface area (Å²) in [6, 6.07) is 3.91. The normalized spacial score (nSPS) is 11.5. The van der Waals surface area contributed by atoms with Gasteiger partial charge in [-0.1, -0.05) is 0 Å². The maximum absolute atomic E-state index is 12.3. The van der Waals surface area contributed by atoms with Crippen molar-refractivity contribution in [2.75, 3.05) is 0 Å². The van der Waals surface area contributed by atoms with Crippen LogP contribution in [-0.4, -0.2) is 29.3 Å². The summed E-state index contributed by atoms with van der Waals surface area (Å²) in [6.07, 6.45) is 3.07. The molecule has 0 fully saturated rings. The van der Waals surface area contributed by atoms with Crippen LogP contribution in [0.25, 0.3) is 0 Å². The number of carboxylic acids is 1. The number of hydrogen-bond acceptors (Lipinski definition) is 4. The van der Waals surface area contributed by atoms with E-state index in [4.69, 9.17) is 5.11 Å². The molecule has 1 aromatic carbocycles. The number of benzene rings is 1. The molecule has 0 unspecified atom stereocenters. The van der Waals surface area contributed by atoms with E-state index in [-0.39, 0.29) is 16.2 Å². The summed E-state index contributed by atoms with van der Waals surface area (Å²) in [7, 11) is -1.96. The van der Waals surface area contributed by atoms with Crippen LogP contribution in [0.3, 0.4) is 0 Å². The van der Waals surface area contributed by atoms with Crippen molar-refractivity contribution in [2.24, 2.45) is 7.05 Å². The molecule has 1 N–H and O–H groups in total. The largest absolute Gasteiger partial charge is 0.478 e. The molecule has 0 aliphatic heterocycles. The van der Waals surface area contributed by atoms with Gasteiger partial charge in [0.25, 0.3) is 0 Å². The van der Waals surface area contributed by atoms with Crippen LogP contribution >= 0.6 is 15.9 Å². The van der Waals surface area contributed by atoms with Crippen molar-refractivity contribution in [3.05, 3.63) is 46.2 Å². The van der Waals surface area contributed by atoms with Gasteiger partial charge < -0.3 is 5.11 Å². The van der Waals surface area contributed by atoms with E-state index in [1.54, 1.807) is 13.2 Å². The lowest BCUT2D eigenvalue weighted by atomic mass is 10.2. The zero-order valence-corrected chi connectivity index (χ0v) is 12.8. The number of aryl methyl sites for hydroxylation is 1. The van der Waals surface area contributed by atoms with Gasteiger partial charge in [0, 0.05) is 23.3 Å². The monoisotopic (exact) mass is 358 g/mol. The molecule has 1 aromatic heterocycles. The van der Waals surface area contributed by atoms with Gasteiger partial charge in [0.1, 0.15) is 0 Å². The Morgan fingerprint density at radius 2 is 2.15 bits per heavy atom. The van der Waals surface area contributed by atoms with Crippen LogP contribution in [0, 0.1) is 0 Å². The number of carbonyl (C=O) groups is 1. The first-order valence-corrected chi connectivity index (χ1v) is 7.97. The van der Waals surface area contributed by atoms with Crippen LogP contribution in [0.4, 0.5) is 0 Å². The van der Waals surface area contributed by atoms with Crippen molar-refractivity contribution >= 4 is 31.7 Å². The maximum atomic E-state index is 12.3. The second-order valence-corrected chi connectivity index (χ2v) is 7.04. The first kappa shape index (κ1) is 14.7. The molecule has 0 aliphatic rings. The molecule has 20 heavy (non-hydrogen) atoms. The zero-order chi connectivity index (χ0) is 14.9. The van der Waals surface area contributed by atoms with Crippen LogP contribution in [-0.2, 0) is 22.6 Å². The second kappa shape index (κ2) is 5.37. The summed E-state index contributed by atoms with van der Waals surface area (Å²) < 4.78 is 26.5. The van der Waals surface area contributed by atoms with Gasteiger partial charge in [-0.15, -0.1) is 0 Å². The highest BCUT2D eigenvalue weighted by atomic mass is 79.9. The Bertz CT molecular complexity index is 768. The summed E-state index contributed by atoms with van der Waals surface area (Å²) in [5.74, 6) is -1.40. The number of halogens is 1. The number of aromatic carboxylic acids is 1. The number of sulfone groups is 1. The fourth-order valence-electron chi connectivity index (χ4n) is 1.72. The van der Waals surface area contributed by atoms with E-state index in [1.807, 2.05) is 0 Å². The Morgan fingerprint density at radius 1 is 1.45 bits per heavy atom. The third-order valence-corrected chi connectivity index (χ3v) is 5.30. The van der Waals surface area contributed by atoms with Gasteiger partial charge in [0.2, 0.25) is 0 Å². The van der Waals surface area contributed by atoms with Gasteiger partial charge in [-0.25, -0.2) is 13.2 Å². The number of aromatic nitrogens is 2. The number of rotatable bonds is 4. The quantitative estimate of drug-likeness (QED) is 0.900. The van der Waals surface area contributed by atoms with Gasteiger partial charge in [0.15, 0.2) is 9.84 Å². The average Bonchev–Trinajstić information content (AvgIpc) is 2.73. The SMILES string of the molecule is Cn1cc(CS(=O)(=O)c2cc(C(=O)O)ccc2Br)cn1. The minimum Gasteiger partial charge on any atom is -0.478 e. The Labute approximate surface area is 124 Å². The van der Waals surface area contributed by atoms with Crippen molar-refractivity contribution in [1.82, 2.24) is 9.78 Å². The second-order valence-electron chi connectivity index (χ2n) is 4.23. The highest BCUT2D eigenvalue weighted by Crippen LogP contribution is 2.26. The number of nitrogens with zero attached hydrogens (tertiary/aromatic N) is 2. The molecular weight excluding hydrogens is 348 g/mol. The molecular formula is C12H11BrN2O4S. The van der Waals surface area contributed by atoms with E-state index in [2.05, 4.69) is 21.0 Å². The molecule has 0 amide bonds. The Kier molecular flexibility index (Phi) is 3.96. The summed E-state index contributed by atoms with van der Waals surface area (Å²) >= 11 is 3.14. The molecule has 6 nitrogen and oxygen atoms in total. The Morgan fingerprint density at radius 3 is 2.70 bits per heavy atom. The fourth-order valence-corrected chi connectivity index (χ4v) is 4.12. The Balaban J connectivity index is 2.43. The molecule has 106 valence electrons. The first-order chi connectivity index (χ1) is 9.29. The molecule has 0 saturated heterocycles. The molecule has 0 aliphatic carbocycles. The standard InChI is InChI=1S/C12H11BrN2O4S/c1-15-6-8(5-14-15)7-20(18,19)11-4-9(12(16)17)2-3-10(11)13/h2-6H,7H2,1H3,(H,16,17). The van der Waals surface area contributed by atoms with E-state index in [0.29, 0.717) is 10.0 Å². The van der Waals surface area contributed by atoms with E-state index >= 15 is 0 Å². The van der Waals surface area contributed by atoms with E-state index in [9.17, 15) is 13.2 Å². The van der Waals surface area contributed by atoms with Gasteiger partial charge in [0.05, 0.1) is 22.4 Å². The lowest BCUT2D eigenvalue weighted by molar-refractivity contribution is 0.0696. The maximum Gasteiger partial charge on any atom is 0.335 e. The molecule has 2 rings (SSSR count). The third-order valence-electron chi connectivity index (χ3n) is 2.63. The van der Waals surface area contributed by atoms with Crippen LogP contribution in [0.5, 0.6) is 0 Å². The lowest BCUT2D eigenvalue weighted by Crippen LogP contribution is -2.07. The predicted octanol–water partition coefficient (Wildman–Crippen LogP) is 1.85. The topological polar surface area (TPSA) is 89.3 Å². The van der Waals surface area contributed by atoms with Crippen LogP contribution in [0.1, 0.15) is 15.9 Å². The van der Waals surface area contributed by atoms with Crippen molar-refractivity contribution in [3.8, 4) is 0 Å². The average molecular weight is 359 g/mol. The van der Waals surface area contributed by atoms with Gasteiger partial charge in [-0.3, -0.25) is 4.68 Å². The van der Waals surface area contributed by atoms with Crippen LogP contribution in [0.2, 0.25) is 0 Å². The molecule has 0 radical (unpaired) electrons. The summed E-state index contributed by atoms with van der Waals surface area (Å²) in [5, 5.41) is 12.8. The number of carboxylic acid groups (broad SMARTS) is 1. The predicted molar refractivity (Wildman–Crippen MR) is 75.2 cm³/mol. The Hall–Kier alpha value is -1.67. The van der Waals surface area contributed by atoms with Crippen molar-refractivity contribution in [2.45, 2.75) is 10.6 Å². The molecule has 1 heterocycles. The van der Waals surface area contributed by atoms with E-state index in [0.717, 1.165) is 6.07 Å². The van der Waals surface area contributed by atoms with Gasteiger partial charge in [-0.2, -0.15) is 5.10 Å². The molecule has 0 spiro atoms. The minimum atomic E-state index is -3.65. The zero-order valence-electron chi connectivity index (χ0n) is 10.4. The molecule has 0 saturated carbocycles. The van der Waals surface area contributed by atoms with Gasteiger partial charge in [-0.05, 0) is 34.1 Å². The summed E-state index contributed by atoms with van der Waals surface area (Å²) in [6.45, 7) is 0.